The number of hydrogen-bond donors (Lipinski definition) is 1. The van der Waals surface area contributed by atoms with E-state index in [2.05, 4.69) is 16.7 Å². The van der Waals surface area contributed by atoms with Crippen molar-refractivity contribution in [3.63, 3.8) is 0 Å². The van der Waals surface area contributed by atoms with Gasteiger partial charge in [-0.2, -0.15) is 4.98 Å². The van der Waals surface area contributed by atoms with Crippen LogP contribution in [0.3, 0.4) is 0 Å². The molecule has 4 heterocycles. The van der Waals surface area contributed by atoms with Crippen molar-refractivity contribution in [3.8, 4) is 0 Å². The van der Waals surface area contributed by atoms with Crippen LogP contribution in [0.2, 0.25) is 0 Å². The van der Waals surface area contributed by atoms with Crippen molar-refractivity contribution in [1.82, 2.24) is 9.97 Å². The fraction of sp³-hybridized carbons (Fsp3) is 0.737. The molecule has 0 radical (unpaired) electrons. The highest BCUT2D eigenvalue weighted by molar-refractivity contribution is 5.77. The van der Waals surface area contributed by atoms with Gasteiger partial charge in [-0.3, -0.25) is 4.79 Å². The van der Waals surface area contributed by atoms with E-state index in [1.807, 2.05) is 6.07 Å². The van der Waals surface area contributed by atoms with E-state index in [1.165, 1.54) is 19.3 Å². The monoisotopic (exact) mass is 360 g/mol. The van der Waals surface area contributed by atoms with Crippen LogP contribution in [0.15, 0.2) is 6.07 Å². The van der Waals surface area contributed by atoms with Crippen LogP contribution in [0.4, 0.5) is 11.8 Å². The second kappa shape index (κ2) is 7.02. The van der Waals surface area contributed by atoms with E-state index in [1.54, 1.807) is 0 Å². The van der Waals surface area contributed by atoms with Crippen molar-refractivity contribution >= 4 is 17.7 Å². The molecule has 1 aromatic heterocycles. The number of aryl methyl sites for hydroxylation is 1. The van der Waals surface area contributed by atoms with Crippen LogP contribution >= 0.6 is 0 Å². The highest BCUT2D eigenvalue weighted by Gasteiger charge is 2.54. The number of carboxylic acids is 1. The number of aliphatic carboxylic acids is 1. The Kier molecular flexibility index (Phi) is 4.73. The lowest BCUT2D eigenvalue weighted by Crippen LogP contribution is -2.44. The van der Waals surface area contributed by atoms with Crippen LogP contribution < -0.4 is 9.80 Å². The van der Waals surface area contributed by atoms with Gasteiger partial charge in [-0.25, -0.2) is 4.98 Å². The van der Waals surface area contributed by atoms with E-state index < -0.39 is 11.4 Å². The topological polar surface area (TPSA) is 78.8 Å². The number of ether oxygens (including phenoxy) is 1. The molecule has 0 unspecified atom stereocenters. The Labute approximate surface area is 154 Å². The zero-order chi connectivity index (χ0) is 18.1. The van der Waals surface area contributed by atoms with Gasteiger partial charge >= 0.3 is 5.97 Å². The maximum Gasteiger partial charge on any atom is 0.311 e. The van der Waals surface area contributed by atoms with E-state index in [0.717, 1.165) is 37.0 Å². The molecule has 0 bridgehead atoms. The molecular formula is C19H28N4O3. The molecule has 1 aromatic rings. The molecule has 0 aromatic carbocycles. The number of anilines is 2. The third-order valence-corrected chi connectivity index (χ3v) is 6.21. The molecule has 3 aliphatic rings. The first-order chi connectivity index (χ1) is 12.6. The molecule has 3 saturated heterocycles. The van der Waals surface area contributed by atoms with Gasteiger partial charge in [0.15, 0.2) is 0 Å². The summed E-state index contributed by atoms with van der Waals surface area (Å²) >= 11 is 0. The summed E-state index contributed by atoms with van der Waals surface area (Å²) < 4.78 is 5.58. The van der Waals surface area contributed by atoms with Gasteiger partial charge in [0.25, 0.3) is 0 Å². The van der Waals surface area contributed by atoms with Crippen molar-refractivity contribution < 1.29 is 14.6 Å². The quantitative estimate of drug-likeness (QED) is 0.879. The summed E-state index contributed by atoms with van der Waals surface area (Å²) in [4.78, 5) is 26.0. The second-order valence-electron chi connectivity index (χ2n) is 7.78. The summed E-state index contributed by atoms with van der Waals surface area (Å²) in [5.41, 5.74) is 0.312. The fourth-order valence-electron chi connectivity index (χ4n) is 4.52. The summed E-state index contributed by atoms with van der Waals surface area (Å²) in [7, 11) is 0. The molecule has 7 heteroatoms. The third kappa shape index (κ3) is 3.02. The maximum atomic E-state index is 12.0. The van der Waals surface area contributed by atoms with Crippen LogP contribution in [0.25, 0.3) is 0 Å². The minimum Gasteiger partial charge on any atom is -0.481 e. The van der Waals surface area contributed by atoms with Gasteiger partial charge < -0.3 is 19.6 Å². The average Bonchev–Trinajstić information content (AvgIpc) is 3.09. The first kappa shape index (κ1) is 17.5. The minimum absolute atomic E-state index is 0.0206. The number of nitrogens with zero attached hydrogens (tertiary/aromatic N) is 4. The lowest BCUT2D eigenvalue weighted by atomic mass is 9.74. The van der Waals surface area contributed by atoms with Crippen molar-refractivity contribution in [3.05, 3.63) is 11.8 Å². The lowest BCUT2D eigenvalue weighted by Gasteiger charge is -2.34. The SMILES string of the molecule is CCc1cc(N2C[C@@H]3COCC[C@]3(C(=O)O)C2)nc(N2CCCCC2)n1. The summed E-state index contributed by atoms with van der Waals surface area (Å²) in [6.45, 7) is 6.35. The Balaban J connectivity index is 1.64. The number of rotatable bonds is 4. The molecule has 0 spiro atoms. The lowest BCUT2D eigenvalue weighted by molar-refractivity contribution is -0.157. The standard InChI is InChI=1S/C19H28N4O3/c1-2-15-10-16(21-18(20-15)22-7-4-3-5-8-22)23-11-14-12-26-9-6-19(14,13-23)17(24)25/h10,14H,2-9,11-13H2,1H3,(H,24,25)/t14-,19+/m1/s1. The summed E-state index contributed by atoms with van der Waals surface area (Å²) in [6, 6.07) is 2.03. The zero-order valence-corrected chi connectivity index (χ0v) is 15.5. The van der Waals surface area contributed by atoms with E-state index >= 15 is 0 Å². The van der Waals surface area contributed by atoms with E-state index in [0.29, 0.717) is 32.7 Å². The van der Waals surface area contributed by atoms with Crippen LogP contribution in [0.5, 0.6) is 0 Å². The minimum atomic E-state index is -0.707. The largest absolute Gasteiger partial charge is 0.481 e. The number of carboxylic acid groups (broad SMARTS) is 1. The molecular weight excluding hydrogens is 332 g/mol. The van der Waals surface area contributed by atoms with E-state index in [9.17, 15) is 9.90 Å². The van der Waals surface area contributed by atoms with Gasteiger partial charge in [0.2, 0.25) is 5.95 Å². The van der Waals surface area contributed by atoms with Gasteiger partial charge in [-0.05, 0) is 32.1 Å². The van der Waals surface area contributed by atoms with Crippen molar-refractivity contribution in [1.29, 1.82) is 0 Å². The summed E-state index contributed by atoms with van der Waals surface area (Å²) in [5.74, 6) is 0.989. The summed E-state index contributed by atoms with van der Waals surface area (Å²) in [6.07, 6.45) is 5.06. The molecule has 0 aliphatic carbocycles. The van der Waals surface area contributed by atoms with Crippen LogP contribution in [-0.4, -0.2) is 60.4 Å². The molecule has 0 amide bonds. The van der Waals surface area contributed by atoms with Crippen LogP contribution in [0.1, 0.15) is 38.3 Å². The molecule has 1 N–H and O–H groups in total. The maximum absolute atomic E-state index is 12.0. The molecule has 142 valence electrons. The fourth-order valence-corrected chi connectivity index (χ4v) is 4.52. The van der Waals surface area contributed by atoms with Gasteiger partial charge in [0.05, 0.1) is 12.0 Å². The molecule has 26 heavy (non-hydrogen) atoms. The zero-order valence-electron chi connectivity index (χ0n) is 15.5. The highest BCUT2D eigenvalue weighted by atomic mass is 16.5. The molecule has 3 aliphatic heterocycles. The second-order valence-corrected chi connectivity index (χ2v) is 7.78. The number of hydrogen-bond acceptors (Lipinski definition) is 6. The normalized spacial score (nSPS) is 28.9. The van der Waals surface area contributed by atoms with Gasteiger partial charge in [-0.15, -0.1) is 0 Å². The molecule has 0 saturated carbocycles. The van der Waals surface area contributed by atoms with Crippen molar-refractivity contribution in [2.75, 3.05) is 49.2 Å². The number of fused-ring (bicyclic) bond motifs is 1. The van der Waals surface area contributed by atoms with Crippen LogP contribution in [-0.2, 0) is 16.0 Å². The predicted octanol–water partition coefficient (Wildman–Crippen LogP) is 1.96. The molecule has 2 atom stereocenters. The van der Waals surface area contributed by atoms with E-state index in [-0.39, 0.29) is 5.92 Å². The van der Waals surface area contributed by atoms with E-state index in [4.69, 9.17) is 14.7 Å². The Morgan fingerprint density at radius 3 is 2.81 bits per heavy atom. The number of carbonyl (C=O) groups is 1. The Bertz CT molecular complexity index is 677. The molecule has 4 rings (SSSR count). The van der Waals surface area contributed by atoms with Gasteiger partial charge in [-0.1, -0.05) is 6.92 Å². The Morgan fingerprint density at radius 2 is 2.12 bits per heavy atom. The number of piperidine rings is 1. The third-order valence-electron chi connectivity index (χ3n) is 6.21. The molecule has 7 nitrogen and oxygen atoms in total. The summed E-state index contributed by atoms with van der Waals surface area (Å²) in [5, 5.41) is 9.90. The predicted molar refractivity (Wildman–Crippen MR) is 98.7 cm³/mol. The van der Waals surface area contributed by atoms with Gasteiger partial charge in [0.1, 0.15) is 5.82 Å². The van der Waals surface area contributed by atoms with Crippen molar-refractivity contribution in [2.24, 2.45) is 11.3 Å². The first-order valence-corrected chi connectivity index (χ1v) is 9.81. The van der Waals surface area contributed by atoms with Crippen molar-refractivity contribution in [2.45, 2.75) is 39.0 Å². The highest BCUT2D eigenvalue weighted by Crippen LogP contribution is 2.43. The first-order valence-electron chi connectivity index (χ1n) is 9.81. The van der Waals surface area contributed by atoms with Gasteiger partial charge in [0, 0.05) is 50.5 Å². The average molecular weight is 360 g/mol. The Morgan fingerprint density at radius 1 is 1.31 bits per heavy atom. The molecule has 3 fully saturated rings. The van der Waals surface area contributed by atoms with Crippen LogP contribution in [0, 0.1) is 11.3 Å². The number of aromatic nitrogens is 2. The Hall–Kier alpha value is -1.89. The smallest absolute Gasteiger partial charge is 0.311 e.